The van der Waals surface area contributed by atoms with Gasteiger partial charge in [0.05, 0.1) is 6.04 Å². The van der Waals surface area contributed by atoms with Crippen LogP contribution in [0.5, 0.6) is 5.75 Å². The number of urea groups is 1. The molecule has 144 valence electrons. The third-order valence-corrected chi connectivity index (χ3v) is 4.35. The van der Waals surface area contributed by atoms with Gasteiger partial charge in [-0.1, -0.05) is 41.9 Å². The third kappa shape index (κ3) is 7.29. The molecule has 0 bridgehead atoms. The van der Waals surface area contributed by atoms with E-state index in [-0.39, 0.29) is 5.91 Å². The summed E-state index contributed by atoms with van der Waals surface area (Å²) in [6, 6.07) is 15.6. The van der Waals surface area contributed by atoms with Gasteiger partial charge in [0, 0.05) is 18.1 Å². The van der Waals surface area contributed by atoms with Crippen LogP contribution in [0.3, 0.4) is 0 Å². The number of imide groups is 1. The first-order valence-corrected chi connectivity index (χ1v) is 9.04. The fourth-order valence-electron chi connectivity index (χ4n) is 2.27. The molecule has 0 fully saturated rings. The van der Waals surface area contributed by atoms with Crippen LogP contribution < -0.4 is 15.4 Å². The molecule has 0 saturated heterocycles. The molecule has 0 spiro atoms. The van der Waals surface area contributed by atoms with Gasteiger partial charge >= 0.3 is 6.03 Å². The van der Waals surface area contributed by atoms with Crippen molar-refractivity contribution in [2.75, 3.05) is 20.2 Å². The van der Waals surface area contributed by atoms with Crippen LogP contribution in [0.2, 0.25) is 5.02 Å². The molecule has 1 unspecified atom stereocenters. The molecule has 0 aliphatic carbocycles. The standard InChI is InChI=1S/C20H24ClN3O3/c1-15(24(2)12-13-27-18-10-8-17(21)9-11-18)19(25)23-20(26)22-14-16-6-4-3-5-7-16/h3-11,15H,12-14H2,1-2H3,(H2,22,23,25,26). The Morgan fingerprint density at radius 3 is 2.44 bits per heavy atom. The fourth-order valence-corrected chi connectivity index (χ4v) is 2.40. The summed E-state index contributed by atoms with van der Waals surface area (Å²) < 4.78 is 5.62. The van der Waals surface area contributed by atoms with Gasteiger partial charge in [-0.15, -0.1) is 0 Å². The summed E-state index contributed by atoms with van der Waals surface area (Å²) in [5, 5.41) is 5.68. The molecule has 0 aliphatic rings. The van der Waals surface area contributed by atoms with Crippen LogP contribution in [0.4, 0.5) is 4.79 Å². The second-order valence-electron chi connectivity index (χ2n) is 6.12. The lowest BCUT2D eigenvalue weighted by molar-refractivity contribution is -0.124. The largest absolute Gasteiger partial charge is 0.492 e. The van der Waals surface area contributed by atoms with E-state index in [1.165, 1.54) is 0 Å². The highest BCUT2D eigenvalue weighted by Gasteiger charge is 2.19. The Balaban J connectivity index is 1.69. The number of hydrogen-bond donors (Lipinski definition) is 2. The van der Waals surface area contributed by atoms with Gasteiger partial charge in [-0.05, 0) is 43.8 Å². The summed E-state index contributed by atoms with van der Waals surface area (Å²) in [7, 11) is 1.80. The molecule has 0 heterocycles. The van der Waals surface area contributed by atoms with Crippen molar-refractivity contribution in [2.45, 2.75) is 19.5 Å². The van der Waals surface area contributed by atoms with Gasteiger partial charge in [0.15, 0.2) is 0 Å². The number of amides is 3. The molecule has 3 amide bonds. The minimum atomic E-state index is -0.512. The predicted molar refractivity (Wildman–Crippen MR) is 106 cm³/mol. The van der Waals surface area contributed by atoms with Crippen LogP contribution >= 0.6 is 11.6 Å². The molecule has 7 heteroatoms. The van der Waals surface area contributed by atoms with Crippen molar-refractivity contribution in [2.24, 2.45) is 0 Å². The van der Waals surface area contributed by atoms with E-state index in [9.17, 15) is 9.59 Å². The number of rotatable bonds is 8. The van der Waals surface area contributed by atoms with Crippen LogP contribution in [0.15, 0.2) is 54.6 Å². The minimum Gasteiger partial charge on any atom is -0.492 e. The van der Waals surface area contributed by atoms with Crippen LogP contribution in [-0.4, -0.2) is 43.1 Å². The molecule has 2 aromatic carbocycles. The normalized spacial score (nSPS) is 11.7. The lowest BCUT2D eigenvalue weighted by Crippen LogP contribution is -2.49. The maximum Gasteiger partial charge on any atom is 0.321 e. The second-order valence-corrected chi connectivity index (χ2v) is 6.55. The van der Waals surface area contributed by atoms with E-state index in [2.05, 4.69) is 10.6 Å². The van der Waals surface area contributed by atoms with Gasteiger partial charge in [0.1, 0.15) is 12.4 Å². The Bertz CT molecular complexity index is 738. The van der Waals surface area contributed by atoms with Crippen molar-refractivity contribution < 1.29 is 14.3 Å². The first kappa shape index (κ1) is 20.7. The quantitative estimate of drug-likeness (QED) is 0.728. The van der Waals surface area contributed by atoms with Crippen molar-refractivity contribution >= 4 is 23.5 Å². The molecule has 2 rings (SSSR count). The van der Waals surface area contributed by atoms with Crippen molar-refractivity contribution in [1.82, 2.24) is 15.5 Å². The van der Waals surface area contributed by atoms with Crippen LogP contribution in [0.1, 0.15) is 12.5 Å². The van der Waals surface area contributed by atoms with E-state index in [1.807, 2.05) is 35.2 Å². The van der Waals surface area contributed by atoms with Gasteiger partial charge in [-0.3, -0.25) is 15.0 Å². The summed E-state index contributed by atoms with van der Waals surface area (Å²) in [5.41, 5.74) is 0.963. The van der Waals surface area contributed by atoms with Crippen molar-refractivity contribution in [3.8, 4) is 5.75 Å². The van der Waals surface area contributed by atoms with E-state index in [0.717, 1.165) is 5.56 Å². The number of ether oxygens (including phenoxy) is 1. The summed E-state index contributed by atoms with van der Waals surface area (Å²) >= 11 is 5.83. The Labute approximate surface area is 164 Å². The fraction of sp³-hybridized carbons (Fsp3) is 0.300. The highest BCUT2D eigenvalue weighted by atomic mass is 35.5. The summed E-state index contributed by atoms with van der Waals surface area (Å²) in [6.07, 6.45) is 0. The number of carbonyl (C=O) groups is 2. The van der Waals surface area contributed by atoms with Crippen LogP contribution in [0, 0.1) is 0 Å². The molecule has 2 N–H and O–H groups in total. The highest BCUT2D eigenvalue weighted by Crippen LogP contribution is 2.15. The lowest BCUT2D eigenvalue weighted by atomic mass is 10.2. The van der Waals surface area contributed by atoms with Gasteiger partial charge < -0.3 is 10.1 Å². The molecule has 27 heavy (non-hydrogen) atoms. The molecular formula is C20H24ClN3O3. The summed E-state index contributed by atoms with van der Waals surface area (Å²) in [5.74, 6) is 0.347. The van der Waals surface area contributed by atoms with Crippen molar-refractivity contribution in [3.63, 3.8) is 0 Å². The average Bonchev–Trinajstić information content (AvgIpc) is 2.68. The first-order chi connectivity index (χ1) is 13.0. The second kappa shape index (κ2) is 10.5. The zero-order valence-corrected chi connectivity index (χ0v) is 16.2. The zero-order chi connectivity index (χ0) is 19.6. The Kier molecular flexibility index (Phi) is 8.10. The SMILES string of the molecule is CC(C(=O)NC(=O)NCc1ccccc1)N(C)CCOc1ccc(Cl)cc1. The predicted octanol–water partition coefficient (Wildman–Crippen LogP) is 3.07. The van der Waals surface area contributed by atoms with Gasteiger partial charge in [-0.25, -0.2) is 4.79 Å². The van der Waals surface area contributed by atoms with Crippen LogP contribution in [-0.2, 0) is 11.3 Å². The monoisotopic (exact) mass is 389 g/mol. The number of halogens is 1. The minimum absolute atomic E-state index is 0.360. The summed E-state index contributed by atoms with van der Waals surface area (Å²) in [4.78, 5) is 25.9. The number of nitrogens with zero attached hydrogens (tertiary/aromatic N) is 1. The third-order valence-electron chi connectivity index (χ3n) is 4.10. The molecule has 0 saturated carbocycles. The average molecular weight is 390 g/mol. The maximum absolute atomic E-state index is 12.2. The first-order valence-electron chi connectivity index (χ1n) is 8.67. The Morgan fingerprint density at radius 1 is 1.11 bits per heavy atom. The number of benzene rings is 2. The number of likely N-dealkylation sites (N-methyl/N-ethyl adjacent to an activating group) is 1. The Morgan fingerprint density at radius 2 is 1.78 bits per heavy atom. The smallest absolute Gasteiger partial charge is 0.321 e. The van der Waals surface area contributed by atoms with E-state index in [0.29, 0.717) is 30.5 Å². The lowest BCUT2D eigenvalue weighted by Gasteiger charge is -2.23. The zero-order valence-electron chi connectivity index (χ0n) is 15.4. The van der Waals surface area contributed by atoms with Gasteiger partial charge in [0.25, 0.3) is 0 Å². The van der Waals surface area contributed by atoms with E-state index in [4.69, 9.17) is 16.3 Å². The van der Waals surface area contributed by atoms with E-state index in [1.54, 1.807) is 38.2 Å². The molecule has 2 aromatic rings. The molecule has 0 aliphatic heterocycles. The molecule has 6 nitrogen and oxygen atoms in total. The van der Waals surface area contributed by atoms with Crippen molar-refractivity contribution in [1.29, 1.82) is 0 Å². The van der Waals surface area contributed by atoms with Gasteiger partial charge in [0.2, 0.25) is 5.91 Å². The van der Waals surface area contributed by atoms with E-state index >= 15 is 0 Å². The number of nitrogens with one attached hydrogen (secondary N) is 2. The highest BCUT2D eigenvalue weighted by molar-refractivity contribution is 6.30. The molecule has 0 aromatic heterocycles. The molecular weight excluding hydrogens is 366 g/mol. The van der Waals surface area contributed by atoms with E-state index < -0.39 is 12.1 Å². The van der Waals surface area contributed by atoms with Crippen LogP contribution in [0.25, 0.3) is 0 Å². The molecule has 0 radical (unpaired) electrons. The number of hydrogen-bond acceptors (Lipinski definition) is 4. The maximum atomic E-state index is 12.2. The van der Waals surface area contributed by atoms with Crippen molar-refractivity contribution in [3.05, 3.63) is 65.2 Å². The Hall–Kier alpha value is -2.57. The van der Waals surface area contributed by atoms with Gasteiger partial charge in [-0.2, -0.15) is 0 Å². The molecule has 1 atom stereocenters. The number of carbonyl (C=O) groups excluding carboxylic acids is 2. The summed E-state index contributed by atoms with van der Waals surface area (Å²) in [6.45, 7) is 3.04. The topological polar surface area (TPSA) is 70.7 Å².